The molecule has 0 aliphatic carbocycles. The summed E-state index contributed by atoms with van der Waals surface area (Å²) in [7, 11) is 0. The van der Waals surface area contributed by atoms with Crippen LogP contribution in [0.3, 0.4) is 0 Å². The van der Waals surface area contributed by atoms with Gasteiger partial charge in [-0.3, -0.25) is 0 Å². The summed E-state index contributed by atoms with van der Waals surface area (Å²) in [6.07, 6.45) is 3.31. The van der Waals surface area contributed by atoms with E-state index in [1.54, 1.807) is 6.92 Å². The minimum Gasteiger partial charge on any atom is -0.399 e. The number of aliphatic hydroxyl groups is 1. The van der Waals surface area contributed by atoms with Gasteiger partial charge in [0, 0.05) is 5.69 Å². The van der Waals surface area contributed by atoms with E-state index in [4.69, 9.17) is 10.5 Å². The molecule has 2 saturated heterocycles. The van der Waals surface area contributed by atoms with Gasteiger partial charge in [-0.25, -0.2) is 4.98 Å². The predicted octanol–water partition coefficient (Wildman–Crippen LogP) is 2.16. The second-order valence-corrected chi connectivity index (χ2v) is 5.94. The number of rotatable bonds is 2. The Morgan fingerprint density at radius 2 is 2.30 bits per heavy atom. The van der Waals surface area contributed by atoms with E-state index in [1.165, 1.54) is 0 Å². The molecular formula is C15H19N3O2. The van der Waals surface area contributed by atoms with Gasteiger partial charge in [0.25, 0.3) is 0 Å². The number of nitrogen functional groups attached to an aromatic ring is 1. The van der Waals surface area contributed by atoms with Crippen LogP contribution in [0.1, 0.15) is 44.2 Å². The first-order valence-electron chi connectivity index (χ1n) is 7.24. The van der Waals surface area contributed by atoms with E-state index < -0.39 is 6.10 Å². The molecule has 4 unspecified atom stereocenters. The fourth-order valence-corrected chi connectivity index (χ4v) is 3.66. The van der Waals surface area contributed by atoms with Crippen LogP contribution in [0, 0.1) is 0 Å². The minimum absolute atomic E-state index is 0.257. The van der Waals surface area contributed by atoms with Crippen LogP contribution in [-0.2, 0) is 4.74 Å². The molecule has 5 heteroatoms. The summed E-state index contributed by atoms with van der Waals surface area (Å²) in [6, 6.07) is 6.04. The molecule has 5 nitrogen and oxygen atoms in total. The van der Waals surface area contributed by atoms with Crippen molar-refractivity contribution in [2.45, 2.75) is 50.5 Å². The summed E-state index contributed by atoms with van der Waals surface area (Å²) in [5, 5.41) is 10.1. The monoisotopic (exact) mass is 273 g/mol. The minimum atomic E-state index is -0.595. The maximum absolute atomic E-state index is 10.1. The number of benzene rings is 1. The van der Waals surface area contributed by atoms with Crippen LogP contribution in [0.2, 0.25) is 0 Å². The molecule has 3 heterocycles. The summed E-state index contributed by atoms with van der Waals surface area (Å²) in [4.78, 5) is 4.58. The molecule has 2 aromatic rings. The molecule has 20 heavy (non-hydrogen) atoms. The lowest BCUT2D eigenvalue weighted by molar-refractivity contribution is 0.0923. The van der Waals surface area contributed by atoms with E-state index in [2.05, 4.69) is 9.55 Å². The fraction of sp³-hybridized carbons (Fsp3) is 0.533. The third-order valence-electron chi connectivity index (χ3n) is 4.52. The normalized spacial score (nSPS) is 30.2. The van der Waals surface area contributed by atoms with Crippen LogP contribution in [0.15, 0.2) is 18.2 Å². The van der Waals surface area contributed by atoms with Crippen LogP contribution in [-0.4, -0.2) is 26.9 Å². The number of nitrogens with zero attached hydrogens (tertiary/aromatic N) is 2. The highest BCUT2D eigenvalue weighted by molar-refractivity contribution is 5.80. The number of aromatic nitrogens is 2. The second kappa shape index (κ2) is 4.20. The highest BCUT2D eigenvalue weighted by Gasteiger charge is 2.43. The van der Waals surface area contributed by atoms with Gasteiger partial charge in [0.15, 0.2) is 0 Å². The van der Waals surface area contributed by atoms with Crippen molar-refractivity contribution in [1.29, 1.82) is 0 Å². The van der Waals surface area contributed by atoms with E-state index >= 15 is 0 Å². The summed E-state index contributed by atoms with van der Waals surface area (Å²) >= 11 is 0. The average molecular weight is 273 g/mol. The lowest BCUT2D eigenvalue weighted by Crippen LogP contribution is -2.23. The topological polar surface area (TPSA) is 73.3 Å². The van der Waals surface area contributed by atoms with E-state index in [1.807, 2.05) is 18.2 Å². The third-order valence-corrected chi connectivity index (χ3v) is 4.52. The van der Waals surface area contributed by atoms with Gasteiger partial charge in [-0.2, -0.15) is 0 Å². The molecule has 0 amide bonds. The Labute approximate surface area is 117 Å². The Balaban J connectivity index is 1.90. The number of anilines is 1. The van der Waals surface area contributed by atoms with Crippen molar-refractivity contribution >= 4 is 16.7 Å². The Morgan fingerprint density at radius 3 is 2.95 bits per heavy atom. The Morgan fingerprint density at radius 1 is 1.45 bits per heavy atom. The molecule has 0 saturated carbocycles. The number of ether oxygens (including phenoxy) is 1. The fourth-order valence-electron chi connectivity index (χ4n) is 3.66. The largest absolute Gasteiger partial charge is 0.399 e. The first-order valence-corrected chi connectivity index (χ1v) is 7.24. The molecule has 4 atom stereocenters. The first kappa shape index (κ1) is 12.2. The number of nitrogens with two attached hydrogens (primary N) is 1. The zero-order chi connectivity index (χ0) is 13.9. The Hall–Kier alpha value is -1.59. The summed E-state index contributed by atoms with van der Waals surface area (Å²) < 4.78 is 8.13. The van der Waals surface area contributed by atoms with E-state index in [-0.39, 0.29) is 12.1 Å². The van der Waals surface area contributed by atoms with Gasteiger partial charge < -0.3 is 20.1 Å². The standard InChI is InChI=1S/C15H19N3O2/c1-8(19)15-17-11-6-9(16)2-4-12(11)18(15)13-7-10-3-5-14(13)20-10/h2,4,6,8,10,13-14,19H,3,5,7,16H2,1H3. The maximum Gasteiger partial charge on any atom is 0.138 e. The van der Waals surface area contributed by atoms with Gasteiger partial charge >= 0.3 is 0 Å². The molecule has 0 radical (unpaired) electrons. The lowest BCUT2D eigenvalue weighted by atomic mass is 9.95. The molecule has 3 N–H and O–H groups in total. The highest BCUT2D eigenvalue weighted by Crippen LogP contribution is 2.44. The zero-order valence-electron chi connectivity index (χ0n) is 11.5. The van der Waals surface area contributed by atoms with E-state index in [0.29, 0.717) is 17.6 Å². The molecule has 2 aliphatic rings. The van der Waals surface area contributed by atoms with Crippen molar-refractivity contribution in [3.05, 3.63) is 24.0 Å². The molecule has 4 rings (SSSR count). The summed E-state index contributed by atoms with van der Waals surface area (Å²) in [5.74, 6) is 0.715. The van der Waals surface area contributed by atoms with Crippen LogP contribution >= 0.6 is 0 Å². The summed E-state index contributed by atoms with van der Waals surface area (Å²) in [5.41, 5.74) is 8.42. The van der Waals surface area contributed by atoms with Crippen molar-refractivity contribution in [2.75, 3.05) is 5.73 Å². The van der Waals surface area contributed by atoms with Gasteiger partial charge in [-0.15, -0.1) is 0 Å². The summed E-state index contributed by atoms with van der Waals surface area (Å²) in [6.45, 7) is 1.76. The third kappa shape index (κ3) is 1.66. The van der Waals surface area contributed by atoms with Gasteiger partial charge in [0.1, 0.15) is 11.9 Å². The number of aliphatic hydroxyl groups excluding tert-OH is 1. The van der Waals surface area contributed by atoms with Crippen LogP contribution in [0.4, 0.5) is 5.69 Å². The SMILES string of the molecule is CC(O)c1nc2cc(N)ccc2n1C1CC2CCC1O2. The molecular weight excluding hydrogens is 254 g/mol. The number of fused-ring (bicyclic) bond motifs is 3. The van der Waals surface area contributed by atoms with Crippen LogP contribution < -0.4 is 5.73 Å². The van der Waals surface area contributed by atoms with Gasteiger partial charge in [-0.05, 0) is 44.4 Å². The van der Waals surface area contributed by atoms with Crippen LogP contribution in [0.25, 0.3) is 11.0 Å². The molecule has 106 valence electrons. The van der Waals surface area contributed by atoms with Gasteiger partial charge in [-0.1, -0.05) is 0 Å². The van der Waals surface area contributed by atoms with Crippen molar-refractivity contribution in [3.63, 3.8) is 0 Å². The predicted molar refractivity (Wildman–Crippen MR) is 76.3 cm³/mol. The number of hydrogen-bond acceptors (Lipinski definition) is 4. The van der Waals surface area contributed by atoms with Gasteiger partial charge in [0.2, 0.25) is 0 Å². The molecule has 2 bridgehead atoms. The van der Waals surface area contributed by atoms with Crippen LogP contribution in [0.5, 0.6) is 0 Å². The number of hydrogen-bond donors (Lipinski definition) is 2. The van der Waals surface area contributed by atoms with Crippen molar-refractivity contribution in [2.24, 2.45) is 0 Å². The van der Waals surface area contributed by atoms with Crippen molar-refractivity contribution < 1.29 is 9.84 Å². The average Bonchev–Trinajstić information content (AvgIpc) is 3.09. The molecule has 2 fully saturated rings. The van der Waals surface area contributed by atoms with E-state index in [9.17, 15) is 5.11 Å². The maximum atomic E-state index is 10.1. The quantitative estimate of drug-likeness (QED) is 0.822. The molecule has 1 aromatic heterocycles. The van der Waals surface area contributed by atoms with Crippen molar-refractivity contribution in [1.82, 2.24) is 9.55 Å². The van der Waals surface area contributed by atoms with Crippen molar-refractivity contribution in [3.8, 4) is 0 Å². The smallest absolute Gasteiger partial charge is 0.138 e. The zero-order valence-corrected chi connectivity index (χ0v) is 11.5. The molecule has 0 spiro atoms. The molecule has 2 aliphatic heterocycles. The first-order chi connectivity index (χ1) is 9.63. The Kier molecular flexibility index (Phi) is 2.56. The van der Waals surface area contributed by atoms with Gasteiger partial charge in [0.05, 0.1) is 29.3 Å². The molecule has 1 aromatic carbocycles. The van der Waals surface area contributed by atoms with E-state index in [0.717, 1.165) is 30.3 Å². The Bertz CT molecular complexity index is 664. The number of imidazole rings is 1. The second-order valence-electron chi connectivity index (χ2n) is 5.94. The highest BCUT2D eigenvalue weighted by atomic mass is 16.5. The lowest BCUT2D eigenvalue weighted by Gasteiger charge is -2.24.